The Morgan fingerprint density at radius 3 is 2.70 bits per heavy atom. The lowest BCUT2D eigenvalue weighted by Gasteiger charge is -2.35. The number of carbonyl (C=O) groups excluding carboxylic acids is 2. The number of pyridine rings is 1. The van der Waals surface area contributed by atoms with Gasteiger partial charge in [0, 0.05) is 43.3 Å². The monoisotopic (exact) mass is 495 g/mol. The van der Waals surface area contributed by atoms with Crippen molar-refractivity contribution < 1.29 is 14.0 Å². The summed E-state index contributed by atoms with van der Waals surface area (Å²) in [6.07, 6.45) is 7.34. The Morgan fingerprint density at radius 2 is 1.86 bits per heavy atom. The number of dihydropyridines is 1. The first-order chi connectivity index (χ1) is 18.0. The molecule has 0 radical (unpaired) electrons. The molecular formula is C29H26FN5O2. The predicted molar refractivity (Wildman–Crippen MR) is 136 cm³/mol. The first-order valence-electron chi connectivity index (χ1n) is 12.6. The van der Waals surface area contributed by atoms with Crippen molar-refractivity contribution in [3.05, 3.63) is 100 Å². The van der Waals surface area contributed by atoms with Crippen LogP contribution in [0.1, 0.15) is 28.3 Å². The molecule has 4 heterocycles. The van der Waals surface area contributed by atoms with Crippen LogP contribution in [0.4, 0.5) is 4.39 Å². The van der Waals surface area contributed by atoms with E-state index in [0.717, 1.165) is 40.0 Å². The number of carbonyl (C=O) groups is 2. The van der Waals surface area contributed by atoms with E-state index in [2.05, 4.69) is 51.2 Å². The molecular weight excluding hydrogens is 469 g/mol. The van der Waals surface area contributed by atoms with Gasteiger partial charge in [-0.05, 0) is 65.4 Å². The van der Waals surface area contributed by atoms with Gasteiger partial charge in [-0.2, -0.15) is 0 Å². The Bertz CT molecular complexity index is 1530. The van der Waals surface area contributed by atoms with Crippen molar-refractivity contribution in [2.24, 2.45) is 5.41 Å². The average molecular weight is 496 g/mol. The largest absolute Gasteiger partial charge is 0.368 e. The topological polar surface area (TPSA) is 86.4 Å². The third-order valence-corrected chi connectivity index (χ3v) is 8.07. The number of allylic oxidation sites excluding steroid dienone is 1. The summed E-state index contributed by atoms with van der Waals surface area (Å²) >= 11 is 0. The number of nitrogens with one attached hydrogen (secondary N) is 3. The molecule has 8 heteroatoms. The van der Waals surface area contributed by atoms with Crippen LogP contribution in [-0.4, -0.2) is 41.3 Å². The standard InChI is InChI=1S/C29H26FN5O2/c30-22-5-3-18(4-6-22)25-27(36)32-8-9-35(25)16-17-10-19-11-20-13-29(14-21(20)12-24(19)33-15-17)23-2-1-7-31-26(23)34-28(29)37/h1-6,10-12,15,25,31H,7-9,13-14,16H2,(H,32,36)(H,34,37)/t25?,29-/m0/s1. The van der Waals surface area contributed by atoms with Gasteiger partial charge in [0.15, 0.2) is 0 Å². The van der Waals surface area contributed by atoms with Gasteiger partial charge in [0.25, 0.3) is 0 Å². The predicted octanol–water partition coefficient (Wildman–Crippen LogP) is 2.63. The van der Waals surface area contributed by atoms with Gasteiger partial charge in [0.05, 0.1) is 10.9 Å². The van der Waals surface area contributed by atoms with E-state index < -0.39 is 11.5 Å². The molecule has 1 unspecified atom stereocenters. The fraction of sp³-hybridized carbons (Fsp3) is 0.276. The van der Waals surface area contributed by atoms with Crippen LogP contribution in [0, 0.1) is 11.2 Å². The molecule has 7 nitrogen and oxygen atoms in total. The molecule has 1 saturated heterocycles. The molecule has 186 valence electrons. The number of benzene rings is 2. The fourth-order valence-corrected chi connectivity index (χ4v) is 6.30. The van der Waals surface area contributed by atoms with Crippen molar-refractivity contribution in [3.8, 4) is 0 Å². The van der Waals surface area contributed by atoms with Crippen LogP contribution in [0.15, 0.2) is 72.2 Å². The molecule has 37 heavy (non-hydrogen) atoms. The second kappa shape index (κ2) is 8.24. The molecule has 4 aliphatic rings. The molecule has 0 saturated carbocycles. The minimum absolute atomic E-state index is 0.0562. The highest BCUT2D eigenvalue weighted by atomic mass is 19.1. The van der Waals surface area contributed by atoms with E-state index in [9.17, 15) is 14.0 Å². The van der Waals surface area contributed by atoms with E-state index in [0.29, 0.717) is 32.5 Å². The zero-order chi connectivity index (χ0) is 25.1. The second-order valence-electron chi connectivity index (χ2n) is 10.3. The number of halogens is 1. The van der Waals surface area contributed by atoms with Gasteiger partial charge < -0.3 is 16.0 Å². The van der Waals surface area contributed by atoms with E-state index in [-0.39, 0.29) is 17.6 Å². The van der Waals surface area contributed by atoms with Crippen LogP contribution in [-0.2, 0) is 29.0 Å². The van der Waals surface area contributed by atoms with Crippen LogP contribution < -0.4 is 16.0 Å². The molecule has 1 aromatic heterocycles. The van der Waals surface area contributed by atoms with Crippen molar-refractivity contribution in [2.75, 3.05) is 19.6 Å². The second-order valence-corrected chi connectivity index (χ2v) is 10.3. The summed E-state index contributed by atoms with van der Waals surface area (Å²) in [5.74, 6) is 0.495. The van der Waals surface area contributed by atoms with Gasteiger partial charge in [-0.3, -0.25) is 19.5 Å². The quantitative estimate of drug-likeness (QED) is 0.520. The number of amides is 2. The first kappa shape index (κ1) is 22.2. The van der Waals surface area contributed by atoms with Crippen LogP contribution >= 0.6 is 0 Å². The zero-order valence-corrected chi connectivity index (χ0v) is 20.2. The maximum absolute atomic E-state index is 13.5. The summed E-state index contributed by atoms with van der Waals surface area (Å²) in [6.45, 7) is 2.52. The molecule has 0 bridgehead atoms. The van der Waals surface area contributed by atoms with Crippen LogP contribution in [0.25, 0.3) is 10.9 Å². The summed E-state index contributed by atoms with van der Waals surface area (Å²) < 4.78 is 13.5. The van der Waals surface area contributed by atoms with Gasteiger partial charge >= 0.3 is 0 Å². The van der Waals surface area contributed by atoms with Crippen molar-refractivity contribution >= 4 is 22.7 Å². The van der Waals surface area contributed by atoms with Crippen molar-refractivity contribution in [1.29, 1.82) is 0 Å². The molecule has 3 N–H and O–H groups in total. The molecule has 7 rings (SSSR count). The third kappa shape index (κ3) is 3.54. The smallest absolute Gasteiger partial charge is 0.242 e. The van der Waals surface area contributed by atoms with Gasteiger partial charge in [-0.1, -0.05) is 24.3 Å². The van der Waals surface area contributed by atoms with Gasteiger partial charge in [-0.25, -0.2) is 4.39 Å². The highest BCUT2D eigenvalue weighted by Crippen LogP contribution is 2.48. The Morgan fingerprint density at radius 1 is 1.05 bits per heavy atom. The van der Waals surface area contributed by atoms with E-state index in [1.54, 1.807) is 12.1 Å². The molecule has 1 fully saturated rings. The molecule has 3 aliphatic heterocycles. The molecule has 1 spiro atoms. The van der Waals surface area contributed by atoms with Crippen molar-refractivity contribution in [2.45, 2.75) is 25.4 Å². The number of aromatic nitrogens is 1. The number of fused-ring (bicyclic) bond motifs is 3. The van der Waals surface area contributed by atoms with E-state index in [1.165, 1.54) is 23.3 Å². The number of rotatable bonds is 3. The van der Waals surface area contributed by atoms with Crippen molar-refractivity contribution in [1.82, 2.24) is 25.8 Å². The van der Waals surface area contributed by atoms with Crippen LogP contribution in [0.5, 0.6) is 0 Å². The Balaban J connectivity index is 1.19. The number of hydrogen-bond acceptors (Lipinski definition) is 5. The molecule has 2 aromatic carbocycles. The Labute approximate surface area is 213 Å². The lowest BCUT2D eigenvalue weighted by Crippen LogP contribution is -2.49. The zero-order valence-electron chi connectivity index (χ0n) is 20.2. The lowest BCUT2D eigenvalue weighted by molar-refractivity contribution is -0.129. The highest BCUT2D eigenvalue weighted by molar-refractivity contribution is 5.94. The Hall–Kier alpha value is -4.04. The van der Waals surface area contributed by atoms with Crippen LogP contribution in [0.2, 0.25) is 0 Å². The molecule has 1 aliphatic carbocycles. The van der Waals surface area contributed by atoms with Gasteiger partial charge in [0.1, 0.15) is 17.7 Å². The average Bonchev–Trinajstić information content (AvgIpc) is 3.40. The number of piperazine rings is 1. The van der Waals surface area contributed by atoms with Crippen molar-refractivity contribution in [3.63, 3.8) is 0 Å². The highest BCUT2D eigenvalue weighted by Gasteiger charge is 2.51. The minimum Gasteiger partial charge on any atom is -0.368 e. The summed E-state index contributed by atoms with van der Waals surface area (Å²) in [4.78, 5) is 32.7. The Kier molecular flexibility index (Phi) is 4.94. The SMILES string of the molecule is O=C1NCCN(Cc2cnc3cc4c(cc3c2)C[C@@]2(C4)C(=O)NC3=C2C=CCN3)C1c1ccc(F)cc1. The maximum atomic E-state index is 13.5. The molecule has 2 atom stereocenters. The first-order valence-corrected chi connectivity index (χ1v) is 12.6. The van der Waals surface area contributed by atoms with E-state index in [4.69, 9.17) is 4.98 Å². The normalized spacial score (nSPS) is 24.7. The van der Waals surface area contributed by atoms with Gasteiger partial charge in [-0.15, -0.1) is 0 Å². The number of hydrogen-bond donors (Lipinski definition) is 3. The molecule has 3 aromatic rings. The third-order valence-electron chi connectivity index (χ3n) is 8.07. The summed E-state index contributed by atoms with van der Waals surface area (Å²) in [5, 5.41) is 10.3. The maximum Gasteiger partial charge on any atom is 0.242 e. The number of nitrogens with zero attached hydrogens (tertiary/aromatic N) is 2. The van der Waals surface area contributed by atoms with Crippen LogP contribution in [0.3, 0.4) is 0 Å². The minimum atomic E-state index is -0.564. The fourth-order valence-electron chi connectivity index (χ4n) is 6.30. The van der Waals surface area contributed by atoms with Gasteiger partial charge in [0.2, 0.25) is 11.8 Å². The van der Waals surface area contributed by atoms with E-state index in [1.807, 2.05) is 6.20 Å². The summed E-state index contributed by atoms with van der Waals surface area (Å²) in [6, 6.07) is 12.1. The van der Waals surface area contributed by atoms with E-state index >= 15 is 0 Å². The summed E-state index contributed by atoms with van der Waals surface area (Å²) in [7, 11) is 0. The molecule has 2 amide bonds. The lowest BCUT2D eigenvalue weighted by atomic mass is 9.78. The summed E-state index contributed by atoms with van der Waals surface area (Å²) in [5.41, 5.74) is 5.50.